The number of hydroxylamine groups is 1. The molecule has 0 spiro atoms. The Morgan fingerprint density at radius 2 is 1.61 bits per heavy atom. The minimum atomic E-state index is -4.20. The molecule has 44 heavy (non-hydrogen) atoms. The topological polar surface area (TPSA) is 128 Å². The molecule has 0 aromatic heterocycles. The first kappa shape index (κ1) is 33.3. The summed E-state index contributed by atoms with van der Waals surface area (Å²) in [5.74, 6) is -1.12. The number of aryl methyl sites for hydroxylation is 1. The van der Waals surface area contributed by atoms with Crippen molar-refractivity contribution in [3.63, 3.8) is 0 Å². The van der Waals surface area contributed by atoms with E-state index in [0.717, 1.165) is 29.1 Å². The van der Waals surface area contributed by atoms with E-state index < -0.39 is 22.0 Å². The van der Waals surface area contributed by atoms with E-state index in [1.807, 2.05) is 42.5 Å². The first-order valence-corrected chi connectivity index (χ1v) is 16.6. The molecule has 3 N–H and O–H groups in total. The summed E-state index contributed by atoms with van der Waals surface area (Å²) in [7, 11) is -4.20. The molecular formula is C33H42N4O6S. The van der Waals surface area contributed by atoms with Gasteiger partial charge in [-0.15, -0.1) is 0 Å². The molecule has 0 aliphatic carbocycles. The number of anilines is 1. The molecule has 1 saturated heterocycles. The molecule has 2 amide bonds. The summed E-state index contributed by atoms with van der Waals surface area (Å²) < 4.78 is 34.7. The summed E-state index contributed by atoms with van der Waals surface area (Å²) in [4.78, 5) is 27.9. The van der Waals surface area contributed by atoms with Gasteiger partial charge in [0.05, 0.1) is 18.1 Å². The fourth-order valence-corrected chi connectivity index (χ4v) is 6.77. The van der Waals surface area contributed by atoms with E-state index in [0.29, 0.717) is 44.1 Å². The number of unbranched alkanes of at least 4 members (excludes halogenated alkanes) is 2. The Morgan fingerprint density at radius 3 is 2.25 bits per heavy atom. The van der Waals surface area contributed by atoms with Crippen LogP contribution in [0.1, 0.15) is 47.7 Å². The van der Waals surface area contributed by atoms with Crippen molar-refractivity contribution in [3.8, 4) is 0 Å². The summed E-state index contributed by atoms with van der Waals surface area (Å²) >= 11 is 0. The Kier molecular flexibility index (Phi) is 12.5. The van der Waals surface area contributed by atoms with Crippen molar-refractivity contribution in [1.82, 2.24) is 14.7 Å². The second kappa shape index (κ2) is 16.5. The highest BCUT2D eigenvalue weighted by atomic mass is 32.2. The van der Waals surface area contributed by atoms with Gasteiger partial charge in [-0.05, 0) is 66.8 Å². The molecular weight excluding hydrogens is 580 g/mol. The minimum absolute atomic E-state index is 0.0280. The third-order valence-corrected chi connectivity index (χ3v) is 9.70. The number of carbonyl (C=O) groups excluding carboxylic acids is 2. The Labute approximate surface area is 260 Å². The second-order valence-corrected chi connectivity index (χ2v) is 12.8. The average molecular weight is 623 g/mol. The molecule has 1 aliphatic rings. The lowest BCUT2D eigenvalue weighted by molar-refractivity contribution is -0.133. The lowest BCUT2D eigenvalue weighted by Crippen LogP contribution is -2.53. The van der Waals surface area contributed by atoms with Gasteiger partial charge < -0.3 is 10.1 Å². The van der Waals surface area contributed by atoms with Crippen LogP contribution in [0, 0.1) is 0 Å². The van der Waals surface area contributed by atoms with Gasteiger partial charge in [0.2, 0.25) is 10.0 Å². The van der Waals surface area contributed by atoms with E-state index in [1.54, 1.807) is 17.6 Å². The number of nitrogens with zero attached hydrogens (tertiary/aromatic N) is 2. The fourth-order valence-electron chi connectivity index (χ4n) is 5.20. The molecule has 11 heteroatoms. The van der Waals surface area contributed by atoms with Gasteiger partial charge in [-0.2, -0.15) is 4.31 Å². The number of sulfonamides is 1. The Balaban J connectivity index is 1.52. The Morgan fingerprint density at radius 1 is 0.932 bits per heavy atom. The highest BCUT2D eigenvalue weighted by Crippen LogP contribution is 2.23. The van der Waals surface area contributed by atoms with E-state index in [9.17, 15) is 23.2 Å². The van der Waals surface area contributed by atoms with Gasteiger partial charge in [-0.25, -0.2) is 13.9 Å². The van der Waals surface area contributed by atoms with Gasteiger partial charge in [0.15, 0.2) is 0 Å². The zero-order chi connectivity index (χ0) is 31.4. The number of hydrogen-bond acceptors (Lipinski definition) is 7. The predicted octanol–water partition coefficient (Wildman–Crippen LogP) is 4.11. The van der Waals surface area contributed by atoms with Crippen molar-refractivity contribution in [3.05, 3.63) is 95.6 Å². The number of benzene rings is 3. The summed E-state index contributed by atoms with van der Waals surface area (Å²) in [5.41, 5.74) is 4.54. The van der Waals surface area contributed by atoms with Gasteiger partial charge >= 0.3 is 0 Å². The number of amides is 2. The van der Waals surface area contributed by atoms with Crippen LogP contribution in [-0.2, 0) is 32.4 Å². The van der Waals surface area contributed by atoms with E-state index >= 15 is 0 Å². The molecule has 3 aromatic rings. The number of ether oxygens (including phenoxy) is 1. The van der Waals surface area contributed by atoms with Gasteiger partial charge in [0, 0.05) is 37.4 Å². The van der Waals surface area contributed by atoms with E-state index in [1.165, 1.54) is 36.2 Å². The van der Waals surface area contributed by atoms with Gasteiger partial charge in [-0.3, -0.25) is 19.7 Å². The highest BCUT2D eigenvalue weighted by Gasteiger charge is 2.36. The van der Waals surface area contributed by atoms with Crippen LogP contribution in [0.4, 0.5) is 5.69 Å². The van der Waals surface area contributed by atoms with Crippen LogP contribution >= 0.6 is 0 Å². The third-order valence-electron chi connectivity index (χ3n) is 7.78. The van der Waals surface area contributed by atoms with Gasteiger partial charge in [0.25, 0.3) is 11.8 Å². The number of morpholine rings is 1. The molecule has 3 aromatic carbocycles. The van der Waals surface area contributed by atoms with Crippen molar-refractivity contribution >= 4 is 27.5 Å². The second-order valence-electron chi connectivity index (χ2n) is 10.9. The van der Waals surface area contributed by atoms with Crippen molar-refractivity contribution in [2.75, 3.05) is 44.7 Å². The molecule has 1 fully saturated rings. The zero-order valence-electron chi connectivity index (χ0n) is 25.2. The lowest BCUT2D eigenvalue weighted by atomic mass is 10.1. The van der Waals surface area contributed by atoms with Crippen molar-refractivity contribution in [1.29, 1.82) is 0 Å². The normalized spacial score (nSPS) is 14.7. The standard InChI is InChI=1S/C33H42N4O6S/c1-2-3-5-8-26-11-13-28(14-12-26)32(38)34-29-15-17-30(18-16-29)44(41,42)37(20-19-36-21-23-43-24-22-36)31(33(39)35-40)25-27-9-6-4-7-10-27/h4,6-7,9-18,31,40H,2-3,5,8,19-25H2,1H3,(H,34,38)(H,35,39)/t31-/m1/s1. The number of nitrogens with one attached hydrogen (secondary N) is 2. The molecule has 1 heterocycles. The van der Waals surface area contributed by atoms with Gasteiger partial charge in [0.1, 0.15) is 6.04 Å². The first-order chi connectivity index (χ1) is 21.3. The number of carbonyl (C=O) groups is 2. The van der Waals surface area contributed by atoms with Crippen LogP contribution in [0.5, 0.6) is 0 Å². The Hall–Kier alpha value is -3.61. The van der Waals surface area contributed by atoms with Crippen molar-refractivity contribution in [2.45, 2.75) is 50.0 Å². The molecule has 4 rings (SSSR count). The quantitative estimate of drug-likeness (QED) is 0.132. The summed E-state index contributed by atoms with van der Waals surface area (Å²) in [6, 6.07) is 21.3. The lowest BCUT2D eigenvalue weighted by Gasteiger charge is -2.33. The zero-order valence-corrected chi connectivity index (χ0v) is 26.0. The van der Waals surface area contributed by atoms with Crippen LogP contribution in [-0.4, -0.2) is 80.1 Å². The molecule has 1 aliphatic heterocycles. The maximum absolute atomic E-state index is 14.1. The smallest absolute Gasteiger partial charge is 0.262 e. The molecule has 0 saturated carbocycles. The monoisotopic (exact) mass is 622 g/mol. The molecule has 236 valence electrons. The van der Waals surface area contributed by atoms with E-state index in [2.05, 4.69) is 17.1 Å². The maximum Gasteiger partial charge on any atom is 0.262 e. The fraction of sp³-hybridized carbons (Fsp3) is 0.394. The summed E-state index contributed by atoms with van der Waals surface area (Å²) in [6.07, 6.45) is 4.48. The number of hydrogen-bond donors (Lipinski definition) is 3. The van der Waals surface area contributed by atoms with Gasteiger partial charge in [-0.1, -0.05) is 62.2 Å². The molecule has 0 unspecified atom stereocenters. The molecule has 10 nitrogen and oxygen atoms in total. The Bertz CT molecular complexity index is 1440. The van der Waals surface area contributed by atoms with Crippen LogP contribution in [0.3, 0.4) is 0 Å². The van der Waals surface area contributed by atoms with Crippen LogP contribution in [0.25, 0.3) is 0 Å². The molecule has 0 radical (unpaired) electrons. The van der Waals surface area contributed by atoms with Crippen LogP contribution < -0.4 is 10.8 Å². The van der Waals surface area contributed by atoms with E-state index in [4.69, 9.17) is 4.74 Å². The summed E-state index contributed by atoms with van der Waals surface area (Å²) in [5, 5.41) is 12.4. The predicted molar refractivity (Wildman–Crippen MR) is 169 cm³/mol. The van der Waals surface area contributed by atoms with E-state index in [-0.39, 0.29) is 23.8 Å². The minimum Gasteiger partial charge on any atom is -0.379 e. The maximum atomic E-state index is 14.1. The third kappa shape index (κ3) is 9.20. The van der Waals surface area contributed by atoms with Crippen LogP contribution in [0.15, 0.2) is 83.8 Å². The molecule has 1 atom stereocenters. The van der Waals surface area contributed by atoms with Crippen LogP contribution in [0.2, 0.25) is 0 Å². The summed E-state index contributed by atoms with van der Waals surface area (Å²) in [6.45, 7) is 4.98. The number of rotatable bonds is 15. The SMILES string of the molecule is CCCCCc1ccc(C(=O)Nc2ccc(S(=O)(=O)N(CCN3CCOCC3)[C@H](Cc3ccccc3)C(=O)NO)cc2)cc1. The average Bonchev–Trinajstić information content (AvgIpc) is 3.05. The molecule has 0 bridgehead atoms. The van der Waals surface area contributed by atoms with Crippen molar-refractivity contribution in [2.24, 2.45) is 0 Å². The highest BCUT2D eigenvalue weighted by molar-refractivity contribution is 7.89. The first-order valence-electron chi connectivity index (χ1n) is 15.1. The van der Waals surface area contributed by atoms with Crippen molar-refractivity contribution < 1.29 is 28.0 Å². The largest absolute Gasteiger partial charge is 0.379 e.